The van der Waals surface area contributed by atoms with E-state index < -0.39 is 0 Å². The highest BCUT2D eigenvalue weighted by Gasteiger charge is 2.23. The van der Waals surface area contributed by atoms with Gasteiger partial charge in [0.05, 0.1) is 16.6 Å². The minimum Gasteiger partial charge on any atom is -0.342 e. The summed E-state index contributed by atoms with van der Waals surface area (Å²) in [5.41, 5.74) is 0.458. The summed E-state index contributed by atoms with van der Waals surface area (Å²) in [4.78, 5) is 12.6. The number of hydrogen-bond donors (Lipinski definition) is 2. The first-order chi connectivity index (χ1) is 10.9. The van der Waals surface area contributed by atoms with Crippen LogP contribution >= 0.6 is 23.8 Å². The summed E-state index contributed by atoms with van der Waals surface area (Å²) in [5, 5.41) is 10.6. The standard InChI is InChI=1S/C16H21ClN4OS/c1-4-21-14(19-20-16(21)23)13(9-10(2)3)18-15(22)11-7-5-6-8-12(11)17/h5-8,10,13H,4,9H2,1-3H3,(H,18,22)(H,20,23)/t13-/m1/s1. The van der Waals surface area contributed by atoms with Gasteiger partial charge in [-0.3, -0.25) is 9.89 Å². The van der Waals surface area contributed by atoms with Crippen LogP contribution in [0.1, 0.15) is 49.4 Å². The summed E-state index contributed by atoms with van der Waals surface area (Å²) < 4.78 is 2.46. The molecule has 1 aromatic carbocycles. The van der Waals surface area contributed by atoms with Gasteiger partial charge in [-0.1, -0.05) is 37.6 Å². The van der Waals surface area contributed by atoms with E-state index in [0.29, 0.717) is 27.8 Å². The number of nitrogens with zero attached hydrogens (tertiary/aromatic N) is 2. The molecule has 0 saturated carbocycles. The molecule has 1 amide bonds. The summed E-state index contributed by atoms with van der Waals surface area (Å²) in [7, 11) is 0. The molecule has 1 heterocycles. The van der Waals surface area contributed by atoms with Crippen molar-refractivity contribution in [1.82, 2.24) is 20.1 Å². The van der Waals surface area contributed by atoms with E-state index in [2.05, 4.69) is 29.4 Å². The number of aromatic amines is 1. The van der Waals surface area contributed by atoms with E-state index in [-0.39, 0.29) is 11.9 Å². The van der Waals surface area contributed by atoms with Crippen LogP contribution in [0.15, 0.2) is 24.3 Å². The molecule has 2 rings (SSSR count). The fourth-order valence-corrected chi connectivity index (χ4v) is 2.97. The predicted molar refractivity (Wildman–Crippen MR) is 94.2 cm³/mol. The number of amides is 1. The Morgan fingerprint density at radius 2 is 2.13 bits per heavy atom. The van der Waals surface area contributed by atoms with E-state index in [1.165, 1.54) is 0 Å². The molecule has 0 aliphatic heterocycles. The molecule has 5 nitrogen and oxygen atoms in total. The molecule has 0 spiro atoms. The van der Waals surface area contributed by atoms with Crippen molar-refractivity contribution in [3.05, 3.63) is 45.4 Å². The smallest absolute Gasteiger partial charge is 0.253 e. The minimum absolute atomic E-state index is 0.210. The Kier molecular flexibility index (Phi) is 5.96. The van der Waals surface area contributed by atoms with Crippen LogP contribution in [0.25, 0.3) is 0 Å². The molecule has 0 bridgehead atoms. The number of nitrogens with one attached hydrogen (secondary N) is 2. The third-order valence-corrected chi connectivity index (χ3v) is 4.19. The van der Waals surface area contributed by atoms with Gasteiger partial charge in [0.25, 0.3) is 5.91 Å². The SMILES string of the molecule is CCn1c([C@@H](CC(C)C)NC(=O)c2ccccc2Cl)n[nH]c1=S. The van der Waals surface area contributed by atoms with E-state index in [1.807, 2.05) is 11.5 Å². The van der Waals surface area contributed by atoms with Gasteiger partial charge in [0, 0.05) is 6.54 Å². The van der Waals surface area contributed by atoms with Gasteiger partial charge in [-0.15, -0.1) is 0 Å². The van der Waals surface area contributed by atoms with Gasteiger partial charge in [-0.05, 0) is 43.6 Å². The van der Waals surface area contributed by atoms with Crippen LogP contribution in [0.4, 0.5) is 0 Å². The van der Waals surface area contributed by atoms with Gasteiger partial charge >= 0.3 is 0 Å². The number of carbonyl (C=O) groups excluding carboxylic acids is 1. The zero-order chi connectivity index (χ0) is 17.0. The van der Waals surface area contributed by atoms with Crippen LogP contribution < -0.4 is 5.32 Å². The Hall–Kier alpha value is -1.66. The van der Waals surface area contributed by atoms with Crippen LogP contribution in [0.2, 0.25) is 5.02 Å². The lowest BCUT2D eigenvalue weighted by Gasteiger charge is -2.20. The van der Waals surface area contributed by atoms with Crippen LogP contribution in [-0.2, 0) is 6.54 Å². The number of H-pyrrole nitrogens is 1. The maximum Gasteiger partial charge on any atom is 0.253 e. The molecule has 124 valence electrons. The monoisotopic (exact) mass is 352 g/mol. The number of benzene rings is 1. The first-order valence-electron chi connectivity index (χ1n) is 7.64. The van der Waals surface area contributed by atoms with Crippen molar-refractivity contribution >= 4 is 29.7 Å². The van der Waals surface area contributed by atoms with Crippen molar-refractivity contribution < 1.29 is 4.79 Å². The van der Waals surface area contributed by atoms with Gasteiger partial charge < -0.3 is 9.88 Å². The number of carbonyl (C=O) groups is 1. The first kappa shape index (κ1) is 17.7. The highest BCUT2D eigenvalue weighted by atomic mass is 35.5. The lowest BCUT2D eigenvalue weighted by atomic mass is 10.0. The number of halogens is 1. The Bertz CT molecular complexity index is 738. The fourth-order valence-electron chi connectivity index (χ4n) is 2.48. The van der Waals surface area contributed by atoms with Gasteiger partial charge in [0.15, 0.2) is 10.6 Å². The first-order valence-corrected chi connectivity index (χ1v) is 8.43. The molecule has 23 heavy (non-hydrogen) atoms. The Balaban J connectivity index is 2.31. The molecular formula is C16H21ClN4OS. The molecule has 0 radical (unpaired) electrons. The quantitative estimate of drug-likeness (QED) is 0.768. The zero-order valence-electron chi connectivity index (χ0n) is 13.5. The number of aromatic nitrogens is 3. The molecule has 7 heteroatoms. The lowest BCUT2D eigenvalue weighted by molar-refractivity contribution is 0.0929. The van der Waals surface area contributed by atoms with Gasteiger partial charge in [-0.2, -0.15) is 5.10 Å². The maximum absolute atomic E-state index is 12.6. The Labute approximate surface area is 146 Å². The average molecular weight is 353 g/mol. The van der Waals surface area contributed by atoms with E-state index in [9.17, 15) is 4.79 Å². The van der Waals surface area contributed by atoms with E-state index in [1.54, 1.807) is 24.3 Å². The predicted octanol–water partition coefficient (Wildman–Crippen LogP) is 4.13. The summed E-state index contributed by atoms with van der Waals surface area (Å²) in [6, 6.07) is 6.77. The molecule has 0 aliphatic rings. The molecule has 0 saturated heterocycles. The third-order valence-electron chi connectivity index (χ3n) is 3.55. The molecular weight excluding hydrogens is 332 g/mol. The van der Waals surface area contributed by atoms with Crippen molar-refractivity contribution in [3.8, 4) is 0 Å². The lowest BCUT2D eigenvalue weighted by Crippen LogP contribution is -2.31. The molecule has 1 aromatic heterocycles. The van der Waals surface area contributed by atoms with E-state index in [4.69, 9.17) is 23.8 Å². The second-order valence-corrected chi connectivity index (χ2v) is 6.56. The van der Waals surface area contributed by atoms with Gasteiger partial charge in [0.2, 0.25) is 0 Å². The van der Waals surface area contributed by atoms with Gasteiger partial charge in [0.1, 0.15) is 0 Å². The molecule has 0 aliphatic carbocycles. The second-order valence-electron chi connectivity index (χ2n) is 5.77. The summed E-state index contributed by atoms with van der Waals surface area (Å²) >= 11 is 11.4. The summed E-state index contributed by atoms with van der Waals surface area (Å²) in [6.07, 6.45) is 0.760. The second kappa shape index (κ2) is 7.75. The van der Waals surface area contributed by atoms with Crippen LogP contribution in [0.3, 0.4) is 0 Å². The van der Waals surface area contributed by atoms with Crippen molar-refractivity contribution in [1.29, 1.82) is 0 Å². The molecule has 0 fully saturated rings. The minimum atomic E-state index is -0.230. The zero-order valence-corrected chi connectivity index (χ0v) is 15.0. The van der Waals surface area contributed by atoms with Crippen LogP contribution in [0.5, 0.6) is 0 Å². The summed E-state index contributed by atoms with van der Waals surface area (Å²) in [6.45, 7) is 6.90. The van der Waals surface area contributed by atoms with Crippen molar-refractivity contribution in [3.63, 3.8) is 0 Å². The average Bonchev–Trinajstić information content (AvgIpc) is 2.87. The number of hydrogen-bond acceptors (Lipinski definition) is 3. The van der Waals surface area contributed by atoms with Crippen molar-refractivity contribution in [2.75, 3.05) is 0 Å². The van der Waals surface area contributed by atoms with E-state index >= 15 is 0 Å². The molecule has 0 unspecified atom stereocenters. The molecule has 2 aromatic rings. The van der Waals surface area contributed by atoms with Gasteiger partial charge in [-0.25, -0.2) is 0 Å². The highest BCUT2D eigenvalue weighted by Crippen LogP contribution is 2.22. The van der Waals surface area contributed by atoms with Crippen molar-refractivity contribution in [2.24, 2.45) is 5.92 Å². The van der Waals surface area contributed by atoms with Crippen molar-refractivity contribution in [2.45, 2.75) is 39.8 Å². The fraction of sp³-hybridized carbons (Fsp3) is 0.438. The van der Waals surface area contributed by atoms with Crippen LogP contribution in [0, 0.1) is 10.7 Å². The summed E-state index contributed by atoms with van der Waals surface area (Å²) in [5.74, 6) is 0.923. The normalized spacial score (nSPS) is 12.4. The maximum atomic E-state index is 12.6. The topological polar surface area (TPSA) is 62.7 Å². The molecule has 2 N–H and O–H groups in total. The third kappa shape index (κ3) is 4.20. The highest BCUT2D eigenvalue weighted by molar-refractivity contribution is 7.71. The van der Waals surface area contributed by atoms with Crippen LogP contribution in [-0.4, -0.2) is 20.7 Å². The van der Waals surface area contributed by atoms with E-state index in [0.717, 1.165) is 12.2 Å². The Morgan fingerprint density at radius 3 is 2.74 bits per heavy atom. The largest absolute Gasteiger partial charge is 0.342 e. The molecule has 1 atom stereocenters. The number of rotatable bonds is 6. The Morgan fingerprint density at radius 1 is 1.43 bits per heavy atom.